The Morgan fingerprint density at radius 2 is 1.87 bits per heavy atom. The van der Waals surface area contributed by atoms with Crippen molar-refractivity contribution in [1.29, 1.82) is 0 Å². The van der Waals surface area contributed by atoms with Gasteiger partial charge in [0.25, 0.3) is 0 Å². The standard InChI is InChI=1S/C22H18N4O2S2/c1-15-8-5-6-11-17(15)28-14-19-24-26-21(30-19)23-20(18-12-7-13-27-18)25(22(26)29)16-9-3-2-4-10-16/h2-13,21H,14H2,1H3. The van der Waals surface area contributed by atoms with Gasteiger partial charge in [0.2, 0.25) is 5.11 Å². The molecular weight excluding hydrogens is 416 g/mol. The quantitative estimate of drug-likeness (QED) is 0.535. The highest BCUT2D eigenvalue weighted by Gasteiger charge is 2.40. The molecule has 1 unspecified atom stereocenters. The molecule has 0 radical (unpaired) electrons. The first-order valence-corrected chi connectivity index (χ1v) is 10.7. The van der Waals surface area contributed by atoms with Crippen LogP contribution in [0.1, 0.15) is 11.3 Å². The van der Waals surface area contributed by atoms with E-state index in [9.17, 15) is 0 Å². The Bertz CT molecular complexity index is 1130. The van der Waals surface area contributed by atoms with E-state index in [1.54, 1.807) is 11.3 Å². The summed E-state index contributed by atoms with van der Waals surface area (Å²) < 4.78 is 11.6. The molecule has 0 aliphatic carbocycles. The average molecular weight is 435 g/mol. The molecule has 3 aromatic rings. The van der Waals surface area contributed by atoms with Crippen molar-refractivity contribution in [3.05, 3.63) is 84.3 Å². The van der Waals surface area contributed by atoms with Gasteiger partial charge in [0, 0.05) is 0 Å². The number of nitrogens with zero attached hydrogens (tertiary/aromatic N) is 4. The minimum Gasteiger partial charge on any atom is -0.486 e. The van der Waals surface area contributed by atoms with Crippen molar-refractivity contribution in [2.45, 2.75) is 12.4 Å². The van der Waals surface area contributed by atoms with Crippen LogP contribution in [0.4, 0.5) is 5.69 Å². The number of benzene rings is 2. The summed E-state index contributed by atoms with van der Waals surface area (Å²) in [6.07, 6.45) is 1.64. The van der Waals surface area contributed by atoms with Gasteiger partial charge >= 0.3 is 0 Å². The Hall–Kier alpha value is -3.10. The molecule has 1 atom stereocenters. The second kappa shape index (κ2) is 7.97. The molecule has 0 fully saturated rings. The van der Waals surface area contributed by atoms with Gasteiger partial charge in [-0.25, -0.2) is 10.0 Å². The van der Waals surface area contributed by atoms with E-state index in [2.05, 4.69) is 0 Å². The van der Waals surface area contributed by atoms with Crippen LogP contribution in [-0.4, -0.2) is 33.1 Å². The van der Waals surface area contributed by atoms with Crippen LogP contribution in [0.5, 0.6) is 5.75 Å². The molecule has 0 N–H and O–H groups in total. The van der Waals surface area contributed by atoms with E-state index in [0.29, 0.717) is 23.3 Å². The number of fused-ring (bicyclic) bond motifs is 1. The summed E-state index contributed by atoms with van der Waals surface area (Å²) >= 11 is 7.35. The number of aryl methyl sites for hydroxylation is 1. The maximum atomic E-state index is 5.97. The summed E-state index contributed by atoms with van der Waals surface area (Å²) in [5, 5.41) is 7.82. The van der Waals surface area contributed by atoms with Gasteiger partial charge in [0.1, 0.15) is 17.4 Å². The molecule has 0 spiro atoms. The lowest BCUT2D eigenvalue weighted by Crippen LogP contribution is -2.50. The van der Waals surface area contributed by atoms with Gasteiger partial charge in [-0.1, -0.05) is 48.2 Å². The molecule has 6 nitrogen and oxygen atoms in total. The third-order valence-electron chi connectivity index (χ3n) is 4.70. The lowest BCUT2D eigenvalue weighted by Gasteiger charge is -2.35. The molecular formula is C22H18N4O2S2. The largest absolute Gasteiger partial charge is 0.486 e. The minimum absolute atomic E-state index is 0.284. The van der Waals surface area contributed by atoms with Gasteiger partial charge in [-0.2, -0.15) is 5.10 Å². The van der Waals surface area contributed by atoms with Crippen LogP contribution in [0, 0.1) is 6.92 Å². The van der Waals surface area contributed by atoms with E-state index in [1.807, 2.05) is 78.6 Å². The number of rotatable bonds is 5. The van der Waals surface area contributed by atoms with Crippen molar-refractivity contribution >= 4 is 45.7 Å². The van der Waals surface area contributed by atoms with Gasteiger partial charge < -0.3 is 9.15 Å². The molecule has 2 aliphatic rings. The molecule has 0 saturated carbocycles. The Kier molecular flexibility index (Phi) is 5.02. The number of ether oxygens (including phenoxy) is 1. The molecule has 1 aromatic heterocycles. The molecule has 5 rings (SSSR count). The van der Waals surface area contributed by atoms with Crippen LogP contribution in [0.3, 0.4) is 0 Å². The monoisotopic (exact) mass is 434 g/mol. The van der Waals surface area contributed by atoms with Gasteiger partial charge in [-0.15, -0.1) is 0 Å². The fraction of sp³-hybridized carbons (Fsp3) is 0.136. The van der Waals surface area contributed by atoms with Crippen molar-refractivity contribution < 1.29 is 9.15 Å². The number of thiocarbonyl (C=S) groups is 1. The van der Waals surface area contributed by atoms with E-state index in [1.165, 1.54) is 11.8 Å². The summed E-state index contributed by atoms with van der Waals surface area (Å²) in [5.74, 6) is 2.17. The topological polar surface area (TPSA) is 53.6 Å². The first-order chi connectivity index (χ1) is 14.7. The number of furan rings is 1. The highest BCUT2D eigenvalue weighted by atomic mass is 32.2. The predicted octanol–water partition coefficient (Wildman–Crippen LogP) is 4.86. The number of hydrogen-bond donors (Lipinski definition) is 0. The van der Waals surface area contributed by atoms with Crippen LogP contribution >= 0.6 is 24.0 Å². The zero-order valence-electron chi connectivity index (χ0n) is 16.1. The number of hydrazone groups is 1. The molecule has 0 bridgehead atoms. The predicted molar refractivity (Wildman–Crippen MR) is 124 cm³/mol. The van der Waals surface area contributed by atoms with E-state index >= 15 is 0 Å². The van der Waals surface area contributed by atoms with Crippen molar-refractivity contribution in [2.24, 2.45) is 10.1 Å². The van der Waals surface area contributed by atoms with Crippen molar-refractivity contribution in [3.63, 3.8) is 0 Å². The van der Waals surface area contributed by atoms with Crippen LogP contribution in [-0.2, 0) is 0 Å². The summed E-state index contributed by atoms with van der Waals surface area (Å²) in [6.45, 7) is 2.39. The highest BCUT2D eigenvalue weighted by molar-refractivity contribution is 8.14. The Labute approximate surface area is 183 Å². The van der Waals surface area contributed by atoms with Crippen molar-refractivity contribution in [2.75, 3.05) is 11.5 Å². The Morgan fingerprint density at radius 3 is 2.63 bits per heavy atom. The van der Waals surface area contributed by atoms with E-state index in [4.69, 9.17) is 31.5 Å². The summed E-state index contributed by atoms with van der Waals surface area (Å²) in [5.41, 5.74) is 1.71. The van der Waals surface area contributed by atoms with Gasteiger partial charge in [-0.05, 0) is 55.0 Å². The van der Waals surface area contributed by atoms with E-state index in [0.717, 1.165) is 22.0 Å². The summed E-state index contributed by atoms with van der Waals surface area (Å²) in [7, 11) is 0. The first kappa shape index (κ1) is 18.9. The molecule has 3 heterocycles. The van der Waals surface area contributed by atoms with Gasteiger partial charge in [0.05, 0.1) is 12.0 Å². The number of amidine groups is 1. The van der Waals surface area contributed by atoms with Crippen LogP contribution in [0.25, 0.3) is 0 Å². The zero-order chi connectivity index (χ0) is 20.5. The van der Waals surface area contributed by atoms with Gasteiger partial charge in [0.15, 0.2) is 17.1 Å². The molecule has 30 heavy (non-hydrogen) atoms. The second-order valence-electron chi connectivity index (χ2n) is 6.72. The van der Waals surface area contributed by atoms with Crippen molar-refractivity contribution in [3.8, 4) is 5.75 Å². The number of hydrogen-bond acceptors (Lipinski definition) is 6. The van der Waals surface area contributed by atoms with Crippen LogP contribution < -0.4 is 9.64 Å². The molecule has 0 amide bonds. The maximum absolute atomic E-state index is 5.97. The normalized spacial score (nSPS) is 18.2. The fourth-order valence-corrected chi connectivity index (χ4v) is 4.55. The maximum Gasteiger partial charge on any atom is 0.205 e. The molecule has 0 saturated heterocycles. The molecule has 2 aliphatic heterocycles. The van der Waals surface area contributed by atoms with Crippen LogP contribution in [0.15, 0.2) is 87.5 Å². The first-order valence-electron chi connectivity index (χ1n) is 9.43. The number of para-hydroxylation sites is 2. The smallest absolute Gasteiger partial charge is 0.205 e. The molecule has 8 heteroatoms. The van der Waals surface area contributed by atoms with Crippen LogP contribution in [0.2, 0.25) is 0 Å². The lowest BCUT2D eigenvalue weighted by molar-refractivity contribution is 0.371. The highest BCUT2D eigenvalue weighted by Crippen LogP contribution is 2.35. The lowest BCUT2D eigenvalue weighted by atomic mass is 10.2. The second-order valence-corrected chi connectivity index (χ2v) is 8.21. The Balaban J connectivity index is 1.44. The van der Waals surface area contributed by atoms with Gasteiger partial charge in [-0.3, -0.25) is 4.90 Å². The number of aliphatic imine (C=N–C) groups is 1. The molecule has 150 valence electrons. The van der Waals surface area contributed by atoms with E-state index in [-0.39, 0.29) is 5.50 Å². The number of thioether (sulfide) groups is 1. The fourth-order valence-electron chi connectivity index (χ4n) is 3.25. The number of anilines is 1. The Morgan fingerprint density at radius 1 is 1.07 bits per heavy atom. The summed E-state index contributed by atoms with van der Waals surface area (Å²) in [4.78, 5) is 6.79. The average Bonchev–Trinajstić information content (AvgIpc) is 3.44. The third-order valence-corrected chi connectivity index (χ3v) is 6.06. The summed E-state index contributed by atoms with van der Waals surface area (Å²) in [6, 6.07) is 21.5. The molecule has 2 aromatic carbocycles. The van der Waals surface area contributed by atoms with Crippen molar-refractivity contribution in [1.82, 2.24) is 5.01 Å². The minimum atomic E-state index is -0.284. The third kappa shape index (κ3) is 3.48. The zero-order valence-corrected chi connectivity index (χ0v) is 17.8. The van der Waals surface area contributed by atoms with E-state index < -0.39 is 0 Å². The SMILES string of the molecule is Cc1ccccc1OCC1=NN2C(=S)N(c3ccccc3)C(c3ccco3)=NC2S1.